The molecule has 0 saturated carbocycles. The molecule has 1 heterocycles. The predicted octanol–water partition coefficient (Wildman–Crippen LogP) is 1.15. The van der Waals surface area contributed by atoms with E-state index in [0.29, 0.717) is 6.42 Å². The Hall–Kier alpha value is 0.170. The highest BCUT2D eigenvalue weighted by atomic mass is 35.5. The van der Waals surface area contributed by atoms with E-state index in [-0.39, 0.29) is 17.6 Å². The highest BCUT2D eigenvalue weighted by Gasteiger charge is 1.92. The Balaban J connectivity index is 0. The largest absolute Gasteiger partial charge is 0.365 e. The summed E-state index contributed by atoms with van der Waals surface area (Å²) in [5.41, 5.74) is 0. The normalized spacial score (nSPS) is 14.4. The van der Waals surface area contributed by atoms with Crippen molar-refractivity contribution < 1.29 is 9.53 Å². The summed E-state index contributed by atoms with van der Waals surface area (Å²) in [4.78, 5) is 9.58. The summed E-state index contributed by atoms with van der Waals surface area (Å²) < 4.78 is 4.83. The molecular weight excluding hydrogens is 189 g/mol. The predicted molar refractivity (Wildman–Crippen MR) is 47.2 cm³/mol. The van der Waals surface area contributed by atoms with Crippen LogP contribution < -0.4 is 5.32 Å². The van der Waals surface area contributed by atoms with Crippen molar-refractivity contribution in [1.82, 2.24) is 5.32 Å². The number of halogens is 2. The van der Waals surface area contributed by atoms with Gasteiger partial charge in [0.05, 0.1) is 13.3 Å². The molecule has 68 valence electrons. The van der Waals surface area contributed by atoms with Gasteiger partial charge in [-0.3, -0.25) is 10.1 Å². The lowest BCUT2D eigenvalue weighted by atomic mass is 10.6. The van der Waals surface area contributed by atoms with E-state index in [2.05, 4.69) is 5.32 Å². The lowest BCUT2D eigenvalue weighted by molar-refractivity contribution is -0.111. The lowest BCUT2D eigenvalue weighted by Crippen LogP contribution is -2.05. The second-order valence-corrected chi connectivity index (χ2v) is 2.18. The average Bonchev–Trinajstić information content (AvgIpc) is 2.43. The van der Waals surface area contributed by atoms with Crippen LogP contribution in [0.1, 0.15) is 13.3 Å². The Morgan fingerprint density at radius 1 is 1.73 bits per heavy atom. The molecular formula is C6H13Cl2NO2. The monoisotopic (exact) mass is 201 g/mol. The summed E-state index contributed by atoms with van der Waals surface area (Å²) in [5, 5.41) is 2.73. The smallest absolute Gasteiger partial charge is 0.221 e. The maximum Gasteiger partial charge on any atom is 0.221 e. The van der Waals surface area contributed by atoms with E-state index < -0.39 is 0 Å². The number of hydrogen-bond acceptors (Lipinski definition) is 3. The maximum absolute atomic E-state index is 9.58. The second-order valence-electron chi connectivity index (χ2n) is 1.76. The van der Waals surface area contributed by atoms with E-state index >= 15 is 0 Å². The van der Waals surface area contributed by atoms with Crippen LogP contribution in [0.25, 0.3) is 0 Å². The van der Waals surface area contributed by atoms with Crippen LogP contribution >= 0.6 is 24.0 Å². The molecule has 0 bridgehead atoms. The lowest BCUT2D eigenvalue weighted by Gasteiger charge is -1.76. The third-order valence-electron chi connectivity index (χ3n) is 0.905. The number of ether oxygens (including phenoxy) is 1. The quantitative estimate of drug-likeness (QED) is 0.648. The minimum Gasteiger partial charge on any atom is -0.365 e. The van der Waals surface area contributed by atoms with Crippen LogP contribution in [-0.2, 0) is 9.53 Å². The fourth-order valence-corrected chi connectivity index (χ4v) is 0.361. The third-order valence-corrected chi connectivity index (χ3v) is 1.17. The fourth-order valence-electron chi connectivity index (χ4n) is 0.361. The van der Waals surface area contributed by atoms with E-state index in [0.717, 1.165) is 19.9 Å². The Morgan fingerprint density at radius 3 is 2.36 bits per heavy atom. The Morgan fingerprint density at radius 2 is 2.27 bits per heavy atom. The highest BCUT2D eigenvalue weighted by Crippen LogP contribution is 1.81. The van der Waals surface area contributed by atoms with E-state index in [1.807, 2.05) is 0 Å². The van der Waals surface area contributed by atoms with Gasteiger partial charge < -0.3 is 4.74 Å². The van der Waals surface area contributed by atoms with Crippen molar-refractivity contribution in [1.29, 1.82) is 0 Å². The molecule has 5 heteroatoms. The van der Waals surface area contributed by atoms with Crippen molar-refractivity contribution in [2.24, 2.45) is 0 Å². The molecule has 1 aliphatic rings. The van der Waals surface area contributed by atoms with Gasteiger partial charge in [0, 0.05) is 13.0 Å². The van der Waals surface area contributed by atoms with E-state index in [4.69, 9.17) is 16.3 Å². The molecule has 0 aromatic carbocycles. The van der Waals surface area contributed by atoms with E-state index in [1.165, 1.54) is 0 Å². The summed E-state index contributed by atoms with van der Waals surface area (Å²) in [6.07, 6.45) is 0.432. The van der Waals surface area contributed by atoms with Crippen LogP contribution in [-0.4, -0.2) is 25.1 Å². The maximum atomic E-state index is 9.58. The van der Waals surface area contributed by atoms with Crippen LogP contribution in [0.3, 0.4) is 0 Å². The number of hydrogen-bond donors (Lipinski definition) is 1. The first-order chi connectivity index (χ1) is 4.77. The summed E-state index contributed by atoms with van der Waals surface area (Å²) in [6.45, 7) is 4.38. The summed E-state index contributed by atoms with van der Waals surface area (Å²) in [7, 11) is 0. The molecule has 0 aromatic heterocycles. The first-order valence-corrected chi connectivity index (χ1v) is 3.62. The van der Waals surface area contributed by atoms with Crippen molar-refractivity contribution in [2.75, 3.05) is 19.9 Å². The highest BCUT2D eigenvalue weighted by molar-refractivity contribution is 6.63. The minimum absolute atomic E-state index is 0. The zero-order valence-corrected chi connectivity index (χ0v) is 8.00. The summed E-state index contributed by atoms with van der Waals surface area (Å²) in [5.74, 6) is 0. The standard InChI is InChI=1S/C3H5ClO.C3H7NO.ClH/c1-2-3(4)5;1-2-5-3-4-1;/h2H2,1H3;4H,1-3H2;1H. The van der Waals surface area contributed by atoms with Gasteiger partial charge in [-0.1, -0.05) is 6.92 Å². The van der Waals surface area contributed by atoms with Gasteiger partial charge in [0.1, 0.15) is 0 Å². The van der Waals surface area contributed by atoms with Gasteiger partial charge in [-0.2, -0.15) is 0 Å². The van der Waals surface area contributed by atoms with Crippen LogP contribution in [0.5, 0.6) is 0 Å². The van der Waals surface area contributed by atoms with Gasteiger partial charge >= 0.3 is 0 Å². The molecule has 0 amide bonds. The molecule has 0 unspecified atom stereocenters. The van der Waals surface area contributed by atoms with Crippen molar-refractivity contribution >= 4 is 29.3 Å². The zero-order valence-electron chi connectivity index (χ0n) is 6.43. The Bertz CT molecular complexity index is 89.0. The number of nitrogens with one attached hydrogen (secondary N) is 1. The first-order valence-electron chi connectivity index (χ1n) is 3.24. The summed E-state index contributed by atoms with van der Waals surface area (Å²) >= 11 is 4.82. The van der Waals surface area contributed by atoms with Crippen molar-refractivity contribution in [2.45, 2.75) is 13.3 Å². The number of carbonyl (C=O) groups is 1. The molecule has 1 fully saturated rings. The molecule has 0 aliphatic carbocycles. The van der Waals surface area contributed by atoms with Gasteiger partial charge in [0.25, 0.3) is 0 Å². The van der Waals surface area contributed by atoms with Crippen LogP contribution in [0.15, 0.2) is 0 Å². The van der Waals surface area contributed by atoms with Crippen molar-refractivity contribution in [3.05, 3.63) is 0 Å². The average molecular weight is 202 g/mol. The Kier molecular flexibility index (Phi) is 12.7. The molecule has 1 aliphatic heterocycles. The van der Waals surface area contributed by atoms with Gasteiger partial charge in [0.2, 0.25) is 5.24 Å². The second kappa shape index (κ2) is 10.2. The van der Waals surface area contributed by atoms with Crippen LogP contribution in [0, 0.1) is 0 Å². The van der Waals surface area contributed by atoms with E-state index in [1.54, 1.807) is 6.92 Å². The van der Waals surface area contributed by atoms with Gasteiger partial charge in [-0.25, -0.2) is 0 Å². The van der Waals surface area contributed by atoms with E-state index in [9.17, 15) is 4.79 Å². The molecule has 1 saturated heterocycles. The minimum atomic E-state index is -0.273. The Labute approximate surface area is 77.8 Å². The molecule has 0 radical (unpaired) electrons. The molecule has 11 heavy (non-hydrogen) atoms. The van der Waals surface area contributed by atoms with Gasteiger partial charge in [0.15, 0.2) is 0 Å². The van der Waals surface area contributed by atoms with Crippen molar-refractivity contribution in [3.63, 3.8) is 0 Å². The fraction of sp³-hybridized carbons (Fsp3) is 0.833. The van der Waals surface area contributed by atoms with Gasteiger partial charge in [-0.15, -0.1) is 12.4 Å². The SMILES string of the molecule is C1COCN1.CCC(=O)Cl.Cl. The third kappa shape index (κ3) is 13.2. The molecule has 1 N–H and O–H groups in total. The molecule has 3 nitrogen and oxygen atoms in total. The zero-order chi connectivity index (χ0) is 7.82. The first kappa shape index (κ1) is 13.7. The molecule has 1 rings (SSSR count). The molecule has 0 atom stereocenters. The van der Waals surface area contributed by atoms with Crippen molar-refractivity contribution in [3.8, 4) is 0 Å². The number of rotatable bonds is 1. The summed E-state index contributed by atoms with van der Waals surface area (Å²) in [6, 6.07) is 0. The topological polar surface area (TPSA) is 38.3 Å². The van der Waals surface area contributed by atoms with Crippen LogP contribution in [0.4, 0.5) is 0 Å². The van der Waals surface area contributed by atoms with Gasteiger partial charge in [-0.05, 0) is 11.6 Å². The molecule has 0 aromatic rings. The van der Waals surface area contributed by atoms with Crippen LogP contribution in [0.2, 0.25) is 0 Å². The molecule has 0 spiro atoms. The number of carbonyl (C=O) groups excluding carboxylic acids is 1.